The van der Waals surface area contributed by atoms with E-state index >= 15 is 0 Å². The van der Waals surface area contributed by atoms with E-state index < -0.39 is 0 Å². The van der Waals surface area contributed by atoms with E-state index in [0.717, 1.165) is 11.1 Å². The maximum absolute atomic E-state index is 14.2. The van der Waals surface area contributed by atoms with Gasteiger partial charge in [0.2, 0.25) is 0 Å². The van der Waals surface area contributed by atoms with E-state index in [0.29, 0.717) is 11.1 Å². The van der Waals surface area contributed by atoms with Gasteiger partial charge in [-0.25, -0.2) is 8.78 Å². The van der Waals surface area contributed by atoms with Crippen LogP contribution in [0.5, 0.6) is 0 Å². The zero-order chi connectivity index (χ0) is 15.8. The first-order valence-electron chi connectivity index (χ1n) is 6.91. The van der Waals surface area contributed by atoms with Crippen molar-refractivity contribution in [1.29, 1.82) is 0 Å². The summed E-state index contributed by atoms with van der Waals surface area (Å²) in [6.07, 6.45) is 0. The van der Waals surface area contributed by atoms with Crippen LogP contribution in [0.4, 0.5) is 8.78 Å². The Kier molecular flexibility index (Phi) is 4.52. The fraction of sp³-hybridized carbons (Fsp3) is 0.333. The smallest absolute Gasteiger partial charge is 0.128 e. The Hall–Kier alpha value is -1.22. The van der Waals surface area contributed by atoms with Gasteiger partial charge in [0.15, 0.2) is 0 Å². The van der Waals surface area contributed by atoms with Crippen LogP contribution in [0.3, 0.4) is 0 Å². The van der Waals surface area contributed by atoms with Crippen molar-refractivity contribution in [2.24, 2.45) is 0 Å². The first-order chi connectivity index (χ1) is 9.71. The number of halogens is 3. The van der Waals surface area contributed by atoms with E-state index in [2.05, 4.69) is 36.7 Å². The highest BCUT2D eigenvalue weighted by Gasteiger charge is 2.24. The molecular formula is C18H19BrF2. The number of hydrogen-bond donors (Lipinski definition) is 0. The normalized spacial score (nSPS) is 13.3. The molecule has 2 aromatic rings. The highest BCUT2D eigenvalue weighted by Crippen LogP contribution is 2.39. The molecule has 0 aliphatic heterocycles. The van der Waals surface area contributed by atoms with Gasteiger partial charge < -0.3 is 0 Å². The lowest BCUT2D eigenvalue weighted by atomic mass is 9.82. The van der Waals surface area contributed by atoms with E-state index in [1.165, 1.54) is 12.1 Å². The van der Waals surface area contributed by atoms with Gasteiger partial charge in [0, 0.05) is 5.56 Å². The lowest BCUT2D eigenvalue weighted by molar-refractivity contribution is 0.572. The third-order valence-corrected chi connectivity index (χ3v) is 4.58. The zero-order valence-electron chi connectivity index (χ0n) is 12.7. The number of aryl methyl sites for hydroxylation is 1. The molecule has 0 bridgehead atoms. The van der Waals surface area contributed by atoms with Crippen molar-refractivity contribution in [3.8, 4) is 0 Å². The van der Waals surface area contributed by atoms with Crippen LogP contribution in [0, 0.1) is 18.6 Å². The molecule has 0 radical (unpaired) electrons. The third-order valence-electron chi connectivity index (χ3n) is 3.59. The summed E-state index contributed by atoms with van der Waals surface area (Å²) in [4.78, 5) is -0.372. The molecule has 0 aromatic heterocycles. The molecular weight excluding hydrogens is 334 g/mol. The number of alkyl halides is 1. The first-order valence-corrected chi connectivity index (χ1v) is 7.82. The van der Waals surface area contributed by atoms with Gasteiger partial charge >= 0.3 is 0 Å². The highest BCUT2D eigenvalue weighted by atomic mass is 79.9. The SMILES string of the molecule is Cc1cc(F)c(C(Br)c2ccccc2C(C)(C)C)cc1F. The molecule has 1 unspecified atom stereocenters. The summed E-state index contributed by atoms with van der Waals surface area (Å²) in [5.74, 6) is -0.774. The molecule has 2 rings (SSSR count). The van der Waals surface area contributed by atoms with E-state index in [-0.39, 0.29) is 21.9 Å². The summed E-state index contributed by atoms with van der Waals surface area (Å²) in [6.45, 7) is 7.89. The van der Waals surface area contributed by atoms with Crippen LogP contribution < -0.4 is 0 Å². The van der Waals surface area contributed by atoms with Crippen LogP contribution in [0.1, 0.15) is 47.9 Å². The summed E-state index contributed by atoms with van der Waals surface area (Å²) in [6, 6.07) is 10.4. The summed E-state index contributed by atoms with van der Waals surface area (Å²) in [7, 11) is 0. The second-order valence-electron chi connectivity index (χ2n) is 6.32. The largest absolute Gasteiger partial charge is 0.207 e. The molecule has 0 nitrogen and oxygen atoms in total. The Morgan fingerprint density at radius 3 is 2.19 bits per heavy atom. The Labute approximate surface area is 133 Å². The van der Waals surface area contributed by atoms with Crippen molar-refractivity contribution in [1.82, 2.24) is 0 Å². The van der Waals surface area contributed by atoms with Gasteiger partial charge in [0.05, 0.1) is 4.83 Å². The lowest BCUT2D eigenvalue weighted by Crippen LogP contribution is -2.15. The lowest BCUT2D eigenvalue weighted by Gasteiger charge is -2.25. The fourth-order valence-corrected chi connectivity index (χ4v) is 3.17. The van der Waals surface area contributed by atoms with Crippen LogP contribution >= 0.6 is 15.9 Å². The van der Waals surface area contributed by atoms with Crippen molar-refractivity contribution in [2.75, 3.05) is 0 Å². The molecule has 0 amide bonds. The molecule has 112 valence electrons. The van der Waals surface area contributed by atoms with Crippen molar-refractivity contribution < 1.29 is 8.78 Å². The van der Waals surface area contributed by atoms with E-state index in [1.54, 1.807) is 6.92 Å². The number of rotatable bonds is 2. The van der Waals surface area contributed by atoms with Crippen LogP contribution in [-0.4, -0.2) is 0 Å². The average molecular weight is 353 g/mol. The van der Waals surface area contributed by atoms with Crippen LogP contribution in [0.15, 0.2) is 36.4 Å². The van der Waals surface area contributed by atoms with E-state index in [9.17, 15) is 8.78 Å². The topological polar surface area (TPSA) is 0 Å². The molecule has 21 heavy (non-hydrogen) atoms. The standard InChI is InChI=1S/C18H19BrF2/c1-11-9-16(21)13(10-15(11)20)17(19)12-7-5-6-8-14(12)18(2,3)4/h5-10,17H,1-4H3. The summed E-state index contributed by atoms with van der Waals surface area (Å²) < 4.78 is 28.0. The predicted molar refractivity (Wildman–Crippen MR) is 87.0 cm³/mol. The molecule has 1 atom stereocenters. The Bertz CT molecular complexity index is 657. The van der Waals surface area contributed by atoms with Crippen molar-refractivity contribution in [3.05, 3.63) is 70.3 Å². The monoisotopic (exact) mass is 352 g/mol. The molecule has 0 spiro atoms. The van der Waals surface area contributed by atoms with Gasteiger partial charge in [-0.3, -0.25) is 0 Å². The third kappa shape index (κ3) is 3.34. The minimum Gasteiger partial charge on any atom is -0.207 e. The second-order valence-corrected chi connectivity index (χ2v) is 7.24. The van der Waals surface area contributed by atoms with Gasteiger partial charge in [0.1, 0.15) is 11.6 Å². The molecule has 2 aromatic carbocycles. The molecule has 0 saturated carbocycles. The Morgan fingerprint density at radius 2 is 1.57 bits per heavy atom. The molecule has 0 fully saturated rings. The van der Waals surface area contributed by atoms with Gasteiger partial charge in [-0.15, -0.1) is 0 Å². The van der Waals surface area contributed by atoms with Gasteiger partial charge in [-0.1, -0.05) is 61.0 Å². The van der Waals surface area contributed by atoms with Gasteiger partial charge in [-0.2, -0.15) is 0 Å². The average Bonchev–Trinajstić information content (AvgIpc) is 2.41. The minimum atomic E-state index is -0.389. The van der Waals surface area contributed by atoms with Crippen LogP contribution in [-0.2, 0) is 5.41 Å². The summed E-state index contributed by atoms with van der Waals surface area (Å²) in [5.41, 5.74) is 2.66. The number of hydrogen-bond acceptors (Lipinski definition) is 0. The van der Waals surface area contributed by atoms with Crippen molar-refractivity contribution in [3.63, 3.8) is 0 Å². The number of benzene rings is 2. The van der Waals surface area contributed by atoms with Crippen LogP contribution in [0.25, 0.3) is 0 Å². The molecule has 0 N–H and O–H groups in total. The Balaban J connectivity index is 2.56. The Morgan fingerprint density at radius 1 is 0.952 bits per heavy atom. The minimum absolute atomic E-state index is 0.0671. The molecule has 0 heterocycles. The van der Waals surface area contributed by atoms with E-state index in [4.69, 9.17) is 0 Å². The quantitative estimate of drug-likeness (QED) is 0.576. The molecule has 3 heteroatoms. The summed E-state index contributed by atoms with van der Waals surface area (Å²) in [5, 5.41) is 0. The van der Waals surface area contributed by atoms with Gasteiger partial charge in [-0.05, 0) is 41.2 Å². The van der Waals surface area contributed by atoms with Crippen molar-refractivity contribution >= 4 is 15.9 Å². The molecule has 0 aliphatic rings. The fourth-order valence-electron chi connectivity index (χ4n) is 2.42. The van der Waals surface area contributed by atoms with Gasteiger partial charge in [0.25, 0.3) is 0 Å². The highest BCUT2D eigenvalue weighted by molar-refractivity contribution is 9.09. The first kappa shape index (κ1) is 16.2. The second kappa shape index (κ2) is 5.88. The predicted octanol–water partition coefficient (Wildman–Crippen LogP) is 6.06. The maximum Gasteiger partial charge on any atom is 0.128 e. The van der Waals surface area contributed by atoms with Crippen molar-refractivity contribution in [2.45, 2.75) is 37.9 Å². The van der Waals surface area contributed by atoms with E-state index in [1.807, 2.05) is 24.3 Å². The zero-order valence-corrected chi connectivity index (χ0v) is 14.3. The maximum atomic E-state index is 14.2. The molecule has 0 aliphatic carbocycles. The summed E-state index contributed by atoms with van der Waals surface area (Å²) >= 11 is 3.54. The van der Waals surface area contributed by atoms with Crippen LogP contribution in [0.2, 0.25) is 0 Å². The molecule has 0 saturated heterocycles.